The first-order chi connectivity index (χ1) is 3.71. The van der Waals surface area contributed by atoms with Crippen LogP contribution in [0.1, 0.15) is 19.3 Å². The van der Waals surface area contributed by atoms with E-state index in [9.17, 15) is 0 Å². The maximum absolute atomic E-state index is 4.07. The van der Waals surface area contributed by atoms with E-state index in [4.69, 9.17) is 0 Å². The summed E-state index contributed by atoms with van der Waals surface area (Å²) in [6.07, 6.45) is 4.17. The quantitative estimate of drug-likeness (QED) is 0.329. The Morgan fingerprint density at radius 3 is 1.88 bits per heavy atom. The molecule has 0 aromatic heterocycles. The SMILES string of the molecule is [CH2-][N+]1(C)CCCCC1. The normalized spacial score (nSPS) is 27.8. The molecule has 0 saturated carbocycles. The summed E-state index contributed by atoms with van der Waals surface area (Å²) in [6, 6.07) is 0. The van der Waals surface area contributed by atoms with Gasteiger partial charge in [0, 0.05) is 7.05 Å². The second-order valence-electron chi connectivity index (χ2n) is 3.13. The summed E-state index contributed by atoms with van der Waals surface area (Å²) >= 11 is 0. The Balaban J connectivity index is 2.33. The van der Waals surface area contributed by atoms with Crippen LogP contribution in [0.3, 0.4) is 0 Å². The Bertz CT molecular complexity index is 68.5. The first-order valence-electron chi connectivity index (χ1n) is 3.40. The fourth-order valence-corrected chi connectivity index (χ4v) is 1.28. The van der Waals surface area contributed by atoms with Crippen LogP contribution in [0.15, 0.2) is 0 Å². The van der Waals surface area contributed by atoms with Gasteiger partial charge in [0.05, 0.1) is 13.1 Å². The van der Waals surface area contributed by atoms with E-state index >= 15 is 0 Å². The van der Waals surface area contributed by atoms with E-state index in [1.807, 2.05) is 0 Å². The number of quaternary nitrogens is 1. The third-order valence-electron chi connectivity index (χ3n) is 1.90. The van der Waals surface area contributed by atoms with Crippen molar-refractivity contribution in [1.29, 1.82) is 0 Å². The van der Waals surface area contributed by atoms with Gasteiger partial charge < -0.3 is 4.48 Å². The molecule has 0 amide bonds. The Hall–Kier alpha value is -0.0400. The molecule has 1 aliphatic heterocycles. The third kappa shape index (κ3) is 1.48. The average molecular weight is 113 g/mol. The van der Waals surface area contributed by atoms with Crippen LogP contribution in [0.4, 0.5) is 0 Å². The zero-order valence-electron chi connectivity index (χ0n) is 5.69. The Kier molecular flexibility index (Phi) is 1.57. The van der Waals surface area contributed by atoms with Crippen molar-refractivity contribution >= 4 is 0 Å². The predicted octanol–water partition coefficient (Wildman–Crippen LogP) is 1.41. The topological polar surface area (TPSA) is 0 Å². The van der Waals surface area contributed by atoms with E-state index in [-0.39, 0.29) is 0 Å². The van der Waals surface area contributed by atoms with Crippen molar-refractivity contribution in [3.63, 3.8) is 0 Å². The molecule has 0 spiro atoms. The molecule has 0 bridgehead atoms. The largest absolute Gasteiger partial charge is 0.459 e. The molecule has 1 nitrogen and oxygen atoms in total. The summed E-state index contributed by atoms with van der Waals surface area (Å²) < 4.78 is 1.00. The molecule has 0 radical (unpaired) electrons. The van der Waals surface area contributed by atoms with Gasteiger partial charge in [-0.25, -0.2) is 0 Å². The lowest BCUT2D eigenvalue weighted by atomic mass is 10.1. The van der Waals surface area contributed by atoms with Crippen LogP contribution in [0, 0.1) is 7.05 Å². The van der Waals surface area contributed by atoms with Crippen LogP contribution in [0.5, 0.6) is 0 Å². The van der Waals surface area contributed by atoms with Crippen molar-refractivity contribution in [2.45, 2.75) is 19.3 Å². The zero-order valence-corrected chi connectivity index (χ0v) is 5.69. The van der Waals surface area contributed by atoms with Crippen LogP contribution in [0.25, 0.3) is 0 Å². The highest BCUT2D eigenvalue weighted by atomic mass is 15.3. The molecular formula is C7H15N. The summed E-state index contributed by atoms with van der Waals surface area (Å²) in [7, 11) is 6.27. The monoisotopic (exact) mass is 113 g/mol. The van der Waals surface area contributed by atoms with Gasteiger partial charge in [0.2, 0.25) is 0 Å². The Morgan fingerprint density at radius 2 is 1.62 bits per heavy atom. The second-order valence-corrected chi connectivity index (χ2v) is 3.13. The van der Waals surface area contributed by atoms with Crippen molar-refractivity contribution in [2.75, 3.05) is 20.1 Å². The molecule has 1 fully saturated rings. The smallest absolute Gasteiger partial charge is 0.0543 e. The van der Waals surface area contributed by atoms with E-state index < -0.39 is 0 Å². The first-order valence-corrected chi connectivity index (χ1v) is 3.40. The number of hydrogen-bond acceptors (Lipinski definition) is 0. The molecule has 0 aromatic carbocycles. The van der Waals surface area contributed by atoms with Crippen molar-refractivity contribution < 1.29 is 4.48 Å². The van der Waals surface area contributed by atoms with E-state index in [0.717, 1.165) is 4.48 Å². The van der Waals surface area contributed by atoms with Crippen LogP contribution >= 0.6 is 0 Å². The van der Waals surface area contributed by atoms with Gasteiger partial charge in [-0.3, -0.25) is 0 Å². The standard InChI is InChI=1S/C7H15N/c1-8(2)6-4-3-5-7-8/h1,3-7H2,2H3. The van der Waals surface area contributed by atoms with Gasteiger partial charge in [0.15, 0.2) is 0 Å². The fraction of sp³-hybridized carbons (Fsp3) is 0.857. The average Bonchev–Trinajstić information content (AvgIpc) is 1.65. The van der Waals surface area contributed by atoms with Gasteiger partial charge in [-0.1, -0.05) is 0 Å². The lowest BCUT2D eigenvalue weighted by molar-refractivity contribution is -0.870. The van der Waals surface area contributed by atoms with Crippen LogP contribution < -0.4 is 0 Å². The maximum atomic E-state index is 4.07. The van der Waals surface area contributed by atoms with E-state index in [2.05, 4.69) is 14.1 Å². The molecule has 48 valence electrons. The summed E-state index contributed by atoms with van der Waals surface area (Å²) in [6.45, 7) is 2.56. The maximum Gasteiger partial charge on any atom is 0.0543 e. The minimum absolute atomic E-state index is 1.00. The van der Waals surface area contributed by atoms with Gasteiger partial charge in [-0.05, 0) is 19.3 Å². The van der Waals surface area contributed by atoms with Crippen LogP contribution in [-0.4, -0.2) is 24.6 Å². The molecule has 0 atom stereocenters. The molecule has 1 aliphatic rings. The lowest BCUT2D eigenvalue weighted by Gasteiger charge is -2.41. The highest BCUT2D eigenvalue weighted by molar-refractivity contribution is 4.49. The number of likely N-dealkylation sites (tertiary alicyclic amines) is 1. The minimum atomic E-state index is 1.00. The first kappa shape index (κ1) is 6.09. The Morgan fingerprint density at radius 1 is 1.12 bits per heavy atom. The number of hydrogen-bond donors (Lipinski definition) is 0. The summed E-state index contributed by atoms with van der Waals surface area (Å²) in [5.74, 6) is 0. The minimum Gasteiger partial charge on any atom is -0.459 e. The molecule has 1 heteroatoms. The molecule has 8 heavy (non-hydrogen) atoms. The van der Waals surface area contributed by atoms with Crippen molar-refractivity contribution in [3.8, 4) is 0 Å². The molecule has 1 saturated heterocycles. The van der Waals surface area contributed by atoms with Gasteiger partial charge in [-0.2, -0.15) is 0 Å². The van der Waals surface area contributed by atoms with Gasteiger partial charge in [0.25, 0.3) is 0 Å². The molecule has 0 N–H and O–H groups in total. The summed E-state index contributed by atoms with van der Waals surface area (Å²) in [5, 5.41) is 0. The second kappa shape index (κ2) is 2.06. The highest BCUT2D eigenvalue weighted by Crippen LogP contribution is 2.13. The number of piperidine rings is 1. The van der Waals surface area contributed by atoms with Crippen molar-refractivity contribution in [1.82, 2.24) is 0 Å². The predicted molar refractivity (Wildman–Crippen MR) is 35.1 cm³/mol. The zero-order chi connectivity index (χ0) is 6.04. The van der Waals surface area contributed by atoms with Crippen LogP contribution in [0.2, 0.25) is 0 Å². The van der Waals surface area contributed by atoms with E-state index in [1.165, 1.54) is 32.4 Å². The van der Waals surface area contributed by atoms with Crippen LogP contribution in [-0.2, 0) is 0 Å². The lowest BCUT2D eigenvalue weighted by Crippen LogP contribution is -2.41. The molecule has 1 rings (SSSR count). The Labute approximate surface area is 51.9 Å². The van der Waals surface area contributed by atoms with E-state index in [1.54, 1.807) is 0 Å². The highest BCUT2D eigenvalue weighted by Gasteiger charge is 2.12. The molecule has 0 aromatic rings. The molecular weight excluding hydrogens is 98.1 g/mol. The van der Waals surface area contributed by atoms with Gasteiger partial charge in [-0.15, -0.1) is 7.05 Å². The number of nitrogens with zero attached hydrogens (tertiary/aromatic N) is 1. The molecule has 1 heterocycles. The third-order valence-corrected chi connectivity index (χ3v) is 1.90. The summed E-state index contributed by atoms with van der Waals surface area (Å²) in [5.41, 5.74) is 0. The molecule has 0 aliphatic carbocycles. The van der Waals surface area contributed by atoms with Gasteiger partial charge >= 0.3 is 0 Å². The van der Waals surface area contributed by atoms with E-state index in [0.29, 0.717) is 0 Å². The summed E-state index contributed by atoms with van der Waals surface area (Å²) in [4.78, 5) is 0. The van der Waals surface area contributed by atoms with Crippen molar-refractivity contribution in [3.05, 3.63) is 7.05 Å². The fourth-order valence-electron chi connectivity index (χ4n) is 1.28. The van der Waals surface area contributed by atoms with Crippen molar-refractivity contribution in [2.24, 2.45) is 0 Å². The molecule has 0 unspecified atom stereocenters. The van der Waals surface area contributed by atoms with Gasteiger partial charge in [0.1, 0.15) is 0 Å². The number of rotatable bonds is 0.